The van der Waals surface area contributed by atoms with Crippen molar-refractivity contribution in [2.24, 2.45) is 0 Å². The summed E-state index contributed by atoms with van der Waals surface area (Å²) in [6.45, 7) is 3.19. The molecular weight excluding hydrogens is 1030 g/mol. The van der Waals surface area contributed by atoms with E-state index in [1.807, 2.05) is 20.8 Å². The van der Waals surface area contributed by atoms with Gasteiger partial charge in [-0.25, -0.2) is 38.5 Å². The van der Waals surface area contributed by atoms with Crippen LogP contribution in [0.25, 0.3) is 11.2 Å². The number of phosphoric ester groups is 2. The van der Waals surface area contributed by atoms with Crippen molar-refractivity contribution in [1.29, 1.82) is 0 Å². The van der Waals surface area contributed by atoms with Crippen LogP contribution in [0.1, 0.15) is 45.2 Å². The van der Waals surface area contributed by atoms with E-state index < -0.39 is 113 Å². The second-order valence-electron chi connectivity index (χ2n) is 16.4. The van der Waals surface area contributed by atoms with E-state index in [0.29, 0.717) is 0 Å². The van der Waals surface area contributed by atoms with E-state index in [4.69, 9.17) is 48.9 Å². The molecule has 0 saturated carbocycles. The van der Waals surface area contributed by atoms with E-state index in [9.17, 15) is 53.4 Å². The molecule has 0 aliphatic carbocycles. The van der Waals surface area contributed by atoms with Gasteiger partial charge in [0, 0.05) is 30.2 Å². The van der Waals surface area contributed by atoms with Gasteiger partial charge in [0.2, 0.25) is 0 Å². The SMILES string of the molecule is COc1cc(COC(=O)N(C)[C@@H](CSSC(C)(C)C)C(=O)O[C@H]2[C@@H](O)[C@H](n3cnc4c(N)ncnc43)O[C@@H]2COP(=O)(O)O[C@H]2C[C@H](n3ccc(N)nc3=O)O[C@@H]2COP(=O)(O)O)c([N+](=O)[O-])cc1OC. The molecule has 1 aromatic carbocycles. The van der Waals surface area contributed by atoms with E-state index in [1.54, 1.807) is 0 Å². The number of likely N-dealkylation sites (N-methyl/N-ethyl adjacent to an activating group) is 1. The first-order chi connectivity index (χ1) is 33.3. The van der Waals surface area contributed by atoms with Gasteiger partial charge in [0.15, 0.2) is 35.3 Å². The Labute approximate surface area is 409 Å². The number of amides is 1. The third kappa shape index (κ3) is 13.9. The van der Waals surface area contributed by atoms with E-state index in [0.717, 1.165) is 21.9 Å². The molecule has 8 N–H and O–H groups in total. The number of carbonyl (C=O) groups is 2. The molecule has 1 amide bonds. The lowest BCUT2D eigenvalue weighted by atomic mass is 10.1. The molecule has 2 saturated heterocycles. The molecule has 1 unspecified atom stereocenters. The average Bonchev–Trinajstić information content (AvgIpc) is 3.99. The Hall–Kier alpha value is -5.21. The van der Waals surface area contributed by atoms with Crippen molar-refractivity contribution in [3.63, 3.8) is 0 Å². The monoisotopic (exact) mass is 1080 g/mol. The number of benzene rings is 1. The highest BCUT2D eigenvalue weighted by atomic mass is 33.1. The summed E-state index contributed by atoms with van der Waals surface area (Å²) in [6.07, 6.45) is -9.01. The van der Waals surface area contributed by atoms with Crippen molar-refractivity contribution in [2.75, 3.05) is 51.7 Å². The fraction of sp³-hybridized carbons (Fsp3) is 0.541. The van der Waals surface area contributed by atoms with Crippen LogP contribution < -0.4 is 26.6 Å². The van der Waals surface area contributed by atoms with Crippen LogP contribution in [0.4, 0.5) is 22.1 Å². The fourth-order valence-electron chi connectivity index (χ4n) is 6.99. The standard InChI is InChI=1S/C37H50N10O20P2S2/c1-37(2,3)71-70-15-20(44(4)36(51)61-12-18-9-21(59-5)22(60-6)10-19(18)47(52)53)34(49)66-30-25(65-33(29(30)48)46-17-42-28-31(39)40-16-41-32(28)46)14-63-69(57,58)67-23-11-27(45-8-7-26(38)43-35(45)50)64-24(23)13-62-68(54,55)56/h7-10,16-17,20,23-25,27,29-30,33,48H,11-15H2,1-6H3,(H,57,58)(H2,38,43,50)(H2,39,40,41)(H2,54,55,56)/t20-,23-,24+,25+,27+,29+,30+,33+/m0/s1. The number of nitro groups is 1. The molecule has 2 aliphatic rings. The number of nitrogens with zero attached hydrogens (tertiary/aromatic N) is 8. The van der Waals surface area contributed by atoms with Gasteiger partial charge in [0.05, 0.1) is 50.3 Å². The van der Waals surface area contributed by atoms with Gasteiger partial charge >= 0.3 is 33.4 Å². The number of hydrogen-bond acceptors (Lipinski definition) is 25. The number of nitro benzene ring substituents is 1. The smallest absolute Gasteiger partial charge is 0.472 e. The second-order valence-corrected chi connectivity index (χ2v) is 22.2. The summed E-state index contributed by atoms with van der Waals surface area (Å²) in [7, 11) is -4.10. The third-order valence-corrected chi connectivity index (χ3v) is 15.2. The van der Waals surface area contributed by atoms with E-state index in [1.165, 1.54) is 72.1 Å². The number of fused-ring (bicyclic) bond motifs is 1. The Morgan fingerprint density at radius 3 is 2.38 bits per heavy atom. The summed E-state index contributed by atoms with van der Waals surface area (Å²) >= 11 is 0. The lowest BCUT2D eigenvalue weighted by molar-refractivity contribution is -0.385. The molecule has 0 bridgehead atoms. The maximum Gasteiger partial charge on any atom is 0.472 e. The normalized spacial score (nSPS) is 22.7. The number of methoxy groups -OCH3 is 2. The van der Waals surface area contributed by atoms with Gasteiger partial charge in [-0.15, -0.1) is 0 Å². The Morgan fingerprint density at radius 2 is 1.73 bits per heavy atom. The van der Waals surface area contributed by atoms with Crippen LogP contribution in [0.15, 0.2) is 41.8 Å². The van der Waals surface area contributed by atoms with Crippen LogP contribution in [0.2, 0.25) is 0 Å². The summed E-state index contributed by atoms with van der Waals surface area (Å²) in [5.41, 5.74) is 10.3. The molecular formula is C37H50N10O20P2S2. The molecule has 0 spiro atoms. The molecule has 34 heteroatoms. The summed E-state index contributed by atoms with van der Waals surface area (Å²) in [5, 5.41) is 23.8. The summed E-state index contributed by atoms with van der Waals surface area (Å²) in [5.74, 6) is -1.29. The highest BCUT2D eigenvalue weighted by Gasteiger charge is 2.51. The lowest BCUT2D eigenvalue weighted by Gasteiger charge is -2.29. The van der Waals surface area contributed by atoms with Crippen molar-refractivity contribution in [1.82, 2.24) is 34.0 Å². The maximum atomic E-state index is 14.4. The quantitative estimate of drug-likeness (QED) is 0.0229. The van der Waals surface area contributed by atoms with Crippen LogP contribution >= 0.6 is 37.2 Å². The zero-order valence-corrected chi connectivity index (χ0v) is 41.8. The van der Waals surface area contributed by atoms with E-state index in [-0.39, 0.29) is 56.8 Å². The van der Waals surface area contributed by atoms with Gasteiger partial charge in [-0.3, -0.25) is 37.7 Å². The number of aromatic nitrogens is 6. The molecule has 0 radical (unpaired) electrons. The number of carbonyl (C=O) groups excluding carboxylic acids is 2. The third-order valence-electron chi connectivity index (χ3n) is 10.3. The summed E-state index contributed by atoms with van der Waals surface area (Å²) < 4.78 is 76.1. The minimum atomic E-state index is -5.31. The number of phosphoric acid groups is 2. The molecule has 5 heterocycles. The summed E-state index contributed by atoms with van der Waals surface area (Å²) in [6, 6.07) is 2.12. The zero-order valence-electron chi connectivity index (χ0n) is 38.4. The van der Waals surface area contributed by atoms with Crippen molar-refractivity contribution in [2.45, 2.75) is 87.6 Å². The number of nitrogen functional groups attached to an aromatic ring is 2. The number of aliphatic hydroxyl groups excluding tert-OH is 1. The molecule has 390 valence electrons. The Bertz CT molecular complexity index is 2740. The molecule has 3 aromatic heterocycles. The first-order valence-electron chi connectivity index (χ1n) is 20.7. The van der Waals surface area contributed by atoms with Crippen molar-refractivity contribution < 1.29 is 85.4 Å². The number of hydrogen-bond donors (Lipinski definition) is 6. The predicted octanol–water partition coefficient (Wildman–Crippen LogP) is 2.06. The minimum Gasteiger partial charge on any atom is -0.493 e. The number of aliphatic hydroxyl groups is 1. The molecule has 6 rings (SSSR count). The van der Waals surface area contributed by atoms with Crippen LogP contribution in [0.3, 0.4) is 0 Å². The number of imidazole rings is 1. The fourth-order valence-corrected chi connectivity index (χ4v) is 10.9. The first-order valence-corrected chi connectivity index (χ1v) is 26.1. The Morgan fingerprint density at radius 1 is 1.04 bits per heavy atom. The van der Waals surface area contributed by atoms with E-state index in [2.05, 4.69) is 24.5 Å². The number of nitrogens with two attached hydrogens (primary N) is 2. The van der Waals surface area contributed by atoms with E-state index >= 15 is 0 Å². The minimum absolute atomic E-state index is 0.0354. The number of anilines is 2. The van der Waals surface area contributed by atoms with Gasteiger partial charge in [-0.1, -0.05) is 42.4 Å². The topological polar surface area (TPSA) is 409 Å². The molecule has 71 heavy (non-hydrogen) atoms. The Kier molecular flexibility index (Phi) is 17.6. The number of esters is 1. The van der Waals surface area contributed by atoms with Crippen molar-refractivity contribution >= 4 is 77.8 Å². The van der Waals surface area contributed by atoms with Crippen LogP contribution in [0.5, 0.6) is 11.5 Å². The van der Waals surface area contributed by atoms with Gasteiger partial charge in [0.25, 0.3) is 5.69 Å². The highest BCUT2D eigenvalue weighted by molar-refractivity contribution is 8.77. The van der Waals surface area contributed by atoms with Crippen LogP contribution in [-0.4, -0.2) is 152 Å². The first kappa shape index (κ1) is 55.1. The van der Waals surface area contributed by atoms with Gasteiger partial charge in [-0.2, -0.15) is 4.98 Å². The second kappa shape index (κ2) is 22.7. The van der Waals surface area contributed by atoms with Crippen LogP contribution in [0, 0.1) is 10.1 Å². The molecule has 2 fully saturated rings. The average molecular weight is 1080 g/mol. The van der Waals surface area contributed by atoms with Gasteiger partial charge < -0.3 is 59.7 Å². The largest absolute Gasteiger partial charge is 0.493 e. The zero-order chi connectivity index (χ0) is 52.2. The Balaban J connectivity index is 1.25. The number of rotatable bonds is 21. The van der Waals surface area contributed by atoms with Gasteiger partial charge in [-0.05, 0) is 12.1 Å². The van der Waals surface area contributed by atoms with Crippen molar-refractivity contribution in [3.05, 3.63) is 63.2 Å². The molecule has 2 aliphatic heterocycles. The van der Waals surface area contributed by atoms with Gasteiger partial charge in [0.1, 0.15) is 61.0 Å². The number of ether oxygens (including phenoxy) is 6. The summed E-state index contributed by atoms with van der Waals surface area (Å²) in [4.78, 5) is 98.4. The molecule has 4 aromatic rings. The van der Waals surface area contributed by atoms with Crippen molar-refractivity contribution in [3.8, 4) is 11.5 Å². The molecule has 30 nitrogen and oxygen atoms in total. The van der Waals surface area contributed by atoms with Crippen LogP contribution in [-0.2, 0) is 53.1 Å². The maximum absolute atomic E-state index is 14.4. The highest BCUT2D eigenvalue weighted by Crippen LogP contribution is 2.50. The lowest BCUT2D eigenvalue weighted by Crippen LogP contribution is -2.48. The molecule has 9 atom stereocenters. The predicted molar refractivity (Wildman–Crippen MR) is 247 cm³/mol.